The fourth-order valence-corrected chi connectivity index (χ4v) is 1.96. The molecular formula is C10H13NO. The summed E-state index contributed by atoms with van der Waals surface area (Å²) < 4.78 is 0. The summed E-state index contributed by atoms with van der Waals surface area (Å²) >= 11 is 0. The minimum absolute atomic E-state index is 0.224. The third-order valence-electron chi connectivity index (χ3n) is 2.63. The van der Waals surface area contributed by atoms with Crippen LogP contribution in [0.5, 0.6) is 0 Å². The highest BCUT2D eigenvalue weighted by Gasteiger charge is 2.30. The van der Waals surface area contributed by atoms with Gasteiger partial charge < -0.3 is 4.90 Å². The van der Waals surface area contributed by atoms with Gasteiger partial charge in [-0.15, -0.1) is 0 Å². The van der Waals surface area contributed by atoms with Crippen LogP contribution in [-0.4, -0.2) is 24.4 Å². The number of carbonyl (C=O) groups excluding carboxylic acids is 1. The highest BCUT2D eigenvalue weighted by atomic mass is 16.2. The molecule has 0 saturated carbocycles. The smallest absolute Gasteiger partial charge is 0.250 e. The topological polar surface area (TPSA) is 20.3 Å². The average Bonchev–Trinajstić information content (AvgIpc) is 2.29. The van der Waals surface area contributed by atoms with Crippen molar-refractivity contribution in [2.24, 2.45) is 5.92 Å². The van der Waals surface area contributed by atoms with Crippen LogP contribution in [0.3, 0.4) is 0 Å². The lowest BCUT2D eigenvalue weighted by Crippen LogP contribution is -2.23. The summed E-state index contributed by atoms with van der Waals surface area (Å²) in [4.78, 5) is 13.4. The second-order valence-corrected chi connectivity index (χ2v) is 3.64. The molecule has 1 aliphatic carbocycles. The van der Waals surface area contributed by atoms with Crippen LogP contribution in [0.15, 0.2) is 23.3 Å². The van der Waals surface area contributed by atoms with Crippen LogP contribution < -0.4 is 0 Å². The second kappa shape index (κ2) is 2.47. The number of nitrogens with zero attached hydrogens (tertiary/aromatic N) is 1. The van der Waals surface area contributed by atoms with Crippen LogP contribution >= 0.6 is 0 Å². The van der Waals surface area contributed by atoms with Crippen molar-refractivity contribution < 1.29 is 4.79 Å². The first-order valence-electron chi connectivity index (χ1n) is 4.35. The molecule has 0 N–H and O–H groups in total. The molecule has 0 radical (unpaired) electrons. The van der Waals surface area contributed by atoms with Crippen LogP contribution in [0.2, 0.25) is 0 Å². The number of likely N-dealkylation sites (N-methyl/N-ethyl adjacent to an activating group) is 1. The molecule has 2 heteroatoms. The SMILES string of the molecule is CC1CC=CC2=C1C(=O)N(C)C2. The maximum absolute atomic E-state index is 11.6. The van der Waals surface area contributed by atoms with Crippen LogP contribution in [-0.2, 0) is 4.79 Å². The molecule has 0 aromatic rings. The summed E-state index contributed by atoms with van der Waals surface area (Å²) in [6.07, 6.45) is 5.27. The molecule has 1 aliphatic heterocycles. The number of hydrogen-bond acceptors (Lipinski definition) is 1. The Kier molecular flexibility index (Phi) is 1.56. The summed E-state index contributed by atoms with van der Waals surface area (Å²) in [5.74, 6) is 0.643. The van der Waals surface area contributed by atoms with Gasteiger partial charge in [0.15, 0.2) is 0 Å². The molecule has 1 unspecified atom stereocenters. The van der Waals surface area contributed by atoms with Crippen molar-refractivity contribution in [2.75, 3.05) is 13.6 Å². The first kappa shape index (κ1) is 7.59. The average molecular weight is 163 g/mol. The van der Waals surface area contributed by atoms with Crippen molar-refractivity contribution in [3.8, 4) is 0 Å². The molecule has 2 aliphatic rings. The van der Waals surface area contributed by atoms with Crippen molar-refractivity contribution in [1.29, 1.82) is 0 Å². The second-order valence-electron chi connectivity index (χ2n) is 3.64. The molecule has 1 atom stereocenters. The Bertz CT molecular complexity index is 288. The van der Waals surface area contributed by atoms with E-state index in [0.29, 0.717) is 5.92 Å². The number of rotatable bonds is 0. The van der Waals surface area contributed by atoms with Crippen LogP contribution in [0.25, 0.3) is 0 Å². The fraction of sp³-hybridized carbons (Fsp3) is 0.500. The largest absolute Gasteiger partial charge is 0.338 e. The lowest BCUT2D eigenvalue weighted by molar-refractivity contribution is -0.124. The van der Waals surface area contributed by atoms with E-state index in [4.69, 9.17) is 0 Å². The fourth-order valence-electron chi connectivity index (χ4n) is 1.96. The van der Waals surface area contributed by atoms with Crippen LogP contribution in [0.4, 0.5) is 0 Å². The number of amides is 1. The van der Waals surface area contributed by atoms with E-state index in [0.717, 1.165) is 18.5 Å². The minimum atomic E-state index is 0.224. The number of hydrogen-bond donors (Lipinski definition) is 0. The maximum atomic E-state index is 11.6. The Morgan fingerprint density at radius 3 is 3.00 bits per heavy atom. The summed E-state index contributed by atoms with van der Waals surface area (Å²) in [6, 6.07) is 0. The van der Waals surface area contributed by atoms with Gasteiger partial charge in [0, 0.05) is 19.2 Å². The van der Waals surface area contributed by atoms with Gasteiger partial charge in [0.1, 0.15) is 0 Å². The molecular weight excluding hydrogens is 150 g/mol. The molecule has 2 rings (SSSR count). The molecule has 0 spiro atoms. The van der Waals surface area contributed by atoms with Crippen molar-refractivity contribution in [3.05, 3.63) is 23.3 Å². The third kappa shape index (κ3) is 0.909. The summed E-state index contributed by atoms with van der Waals surface area (Å²) in [6.45, 7) is 2.92. The van der Waals surface area contributed by atoms with E-state index in [-0.39, 0.29) is 5.91 Å². The van der Waals surface area contributed by atoms with Gasteiger partial charge in [-0.05, 0) is 17.9 Å². The zero-order chi connectivity index (χ0) is 8.72. The van der Waals surface area contributed by atoms with Crippen molar-refractivity contribution in [3.63, 3.8) is 0 Å². The van der Waals surface area contributed by atoms with E-state index in [1.165, 1.54) is 5.57 Å². The third-order valence-corrected chi connectivity index (χ3v) is 2.63. The molecule has 1 amide bonds. The van der Waals surface area contributed by atoms with E-state index in [9.17, 15) is 4.79 Å². The molecule has 0 aromatic heterocycles. The number of allylic oxidation sites excluding steroid dienone is 1. The molecule has 0 aromatic carbocycles. The summed E-state index contributed by atoms with van der Waals surface area (Å²) in [7, 11) is 1.86. The Morgan fingerprint density at radius 1 is 1.58 bits per heavy atom. The Hall–Kier alpha value is -1.05. The van der Waals surface area contributed by atoms with Gasteiger partial charge in [0.05, 0.1) is 0 Å². The van der Waals surface area contributed by atoms with Gasteiger partial charge in [-0.1, -0.05) is 19.1 Å². The predicted octanol–water partition coefficient (Wildman–Crippen LogP) is 1.35. The molecule has 12 heavy (non-hydrogen) atoms. The van der Waals surface area contributed by atoms with Crippen LogP contribution in [0, 0.1) is 5.92 Å². The maximum Gasteiger partial charge on any atom is 0.250 e. The van der Waals surface area contributed by atoms with Crippen LogP contribution in [0.1, 0.15) is 13.3 Å². The Labute approximate surface area is 72.6 Å². The lowest BCUT2D eigenvalue weighted by Gasteiger charge is -2.14. The minimum Gasteiger partial charge on any atom is -0.338 e. The molecule has 0 fully saturated rings. The van der Waals surface area contributed by atoms with E-state index in [1.54, 1.807) is 4.90 Å². The number of carbonyl (C=O) groups is 1. The molecule has 0 bridgehead atoms. The van der Waals surface area contributed by atoms with Gasteiger partial charge in [0.2, 0.25) is 5.91 Å². The van der Waals surface area contributed by atoms with Gasteiger partial charge in [-0.25, -0.2) is 0 Å². The van der Waals surface area contributed by atoms with Crippen molar-refractivity contribution in [1.82, 2.24) is 4.90 Å². The van der Waals surface area contributed by atoms with Gasteiger partial charge >= 0.3 is 0 Å². The predicted molar refractivity (Wildman–Crippen MR) is 47.6 cm³/mol. The Balaban J connectivity index is 2.40. The van der Waals surface area contributed by atoms with E-state index >= 15 is 0 Å². The lowest BCUT2D eigenvalue weighted by atomic mass is 9.90. The summed E-state index contributed by atoms with van der Waals surface area (Å²) in [5.41, 5.74) is 2.27. The monoisotopic (exact) mass is 163 g/mol. The van der Waals surface area contributed by atoms with E-state index in [2.05, 4.69) is 19.1 Å². The standard InChI is InChI=1S/C10H13NO/c1-7-4-3-5-8-6-11(2)10(12)9(7)8/h3,5,7H,4,6H2,1-2H3. The first-order chi connectivity index (χ1) is 5.70. The quantitative estimate of drug-likeness (QED) is 0.528. The van der Waals surface area contributed by atoms with E-state index in [1.807, 2.05) is 7.05 Å². The molecule has 0 saturated heterocycles. The van der Waals surface area contributed by atoms with Gasteiger partial charge in [-0.3, -0.25) is 4.79 Å². The molecule has 2 nitrogen and oxygen atoms in total. The normalized spacial score (nSPS) is 28.3. The van der Waals surface area contributed by atoms with Crippen molar-refractivity contribution >= 4 is 5.91 Å². The Morgan fingerprint density at radius 2 is 2.33 bits per heavy atom. The zero-order valence-electron chi connectivity index (χ0n) is 7.50. The molecule has 64 valence electrons. The van der Waals surface area contributed by atoms with Gasteiger partial charge in [-0.2, -0.15) is 0 Å². The van der Waals surface area contributed by atoms with Crippen molar-refractivity contribution in [2.45, 2.75) is 13.3 Å². The molecule has 1 heterocycles. The zero-order valence-corrected chi connectivity index (χ0v) is 7.50. The highest BCUT2D eigenvalue weighted by Crippen LogP contribution is 2.31. The highest BCUT2D eigenvalue weighted by molar-refractivity contribution is 5.98. The van der Waals surface area contributed by atoms with Gasteiger partial charge in [0.25, 0.3) is 0 Å². The van der Waals surface area contributed by atoms with E-state index < -0.39 is 0 Å². The first-order valence-corrected chi connectivity index (χ1v) is 4.35. The summed E-state index contributed by atoms with van der Waals surface area (Å²) in [5, 5.41) is 0.